The molecule has 1 atom stereocenters. The van der Waals surface area contributed by atoms with Gasteiger partial charge in [0.1, 0.15) is 11.9 Å². The first-order valence-electron chi connectivity index (χ1n) is 11.1. The second-order valence-electron chi connectivity index (χ2n) is 8.32. The largest absolute Gasteiger partial charge is 0.496 e. The second kappa shape index (κ2) is 12.9. The van der Waals surface area contributed by atoms with Crippen molar-refractivity contribution in [2.75, 3.05) is 52.3 Å². The van der Waals surface area contributed by atoms with Gasteiger partial charge in [0.15, 0.2) is 0 Å². The summed E-state index contributed by atoms with van der Waals surface area (Å²) in [6.07, 6.45) is -0.442. The van der Waals surface area contributed by atoms with Crippen LogP contribution in [0.2, 0.25) is 0 Å². The molecule has 2 heterocycles. The average Bonchev–Trinajstić information content (AvgIpc) is 3.34. The molecule has 1 aliphatic rings. The summed E-state index contributed by atoms with van der Waals surface area (Å²) >= 11 is 0. The number of benzene rings is 3. The SMILES string of the molecule is COc1ccccc1-c1nc(C(OC)c2ccc3cccc(N4CCN(C)CC4)c3c2)no1.Cl.Cl.O. The smallest absolute Gasteiger partial charge is 0.261 e. The van der Waals surface area contributed by atoms with Crippen LogP contribution in [0.1, 0.15) is 17.5 Å². The summed E-state index contributed by atoms with van der Waals surface area (Å²) in [4.78, 5) is 9.46. The van der Waals surface area contributed by atoms with Crippen LogP contribution < -0.4 is 9.64 Å². The van der Waals surface area contributed by atoms with Crippen molar-refractivity contribution in [1.29, 1.82) is 0 Å². The van der Waals surface area contributed by atoms with E-state index in [1.165, 1.54) is 16.5 Å². The van der Waals surface area contributed by atoms with Gasteiger partial charge in [-0.05, 0) is 42.3 Å². The zero-order chi connectivity index (χ0) is 22.8. The lowest BCUT2D eigenvalue weighted by molar-refractivity contribution is 0.126. The van der Waals surface area contributed by atoms with Crippen molar-refractivity contribution in [2.45, 2.75) is 6.10 Å². The maximum absolute atomic E-state index is 5.84. The number of hydrogen-bond donors (Lipinski definition) is 0. The molecule has 1 aromatic heterocycles. The maximum Gasteiger partial charge on any atom is 0.261 e. The lowest BCUT2D eigenvalue weighted by atomic mass is 10.0. The van der Waals surface area contributed by atoms with E-state index < -0.39 is 6.10 Å². The molecular formula is C26H32Cl2N4O4. The Morgan fingerprint density at radius 2 is 1.67 bits per heavy atom. The number of hydrogen-bond acceptors (Lipinski definition) is 7. The van der Waals surface area contributed by atoms with E-state index >= 15 is 0 Å². The molecule has 5 rings (SSSR count). The molecule has 0 spiro atoms. The number of nitrogens with zero attached hydrogens (tertiary/aromatic N) is 4. The minimum atomic E-state index is -0.442. The van der Waals surface area contributed by atoms with Gasteiger partial charge >= 0.3 is 0 Å². The highest BCUT2D eigenvalue weighted by molar-refractivity contribution is 5.95. The number of likely N-dealkylation sites (N-methyl/N-ethyl adjacent to an activating group) is 1. The molecule has 1 aliphatic heterocycles. The van der Waals surface area contributed by atoms with E-state index in [9.17, 15) is 0 Å². The van der Waals surface area contributed by atoms with Gasteiger partial charge in [-0.2, -0.15) is 4.98 Å². The first-order chi connectivity index (χ1) is 16.2. The average molecular weight is 535 g/mol. The molecule has 36 heavy (non-hydrogen) atoms. The fourth-order valence-electron chi connectivity index (χ4n) is 4.42. The number of ether oxygens (including phenoxy) is 2. The fourth-order valence-corrected chi connectivity index (χ4v) is 4.42. The Kier molecular flexibility index (Phi) is 10.5. The van der Waals surface area contributed by atoms with Gasteiger partial charge in [0.25, 0.3) is 5.89 Å². The first-order valence-corrected chi connectivity index (χ1v) is 11.1. The van der Waals surface area contributed by atoms with Gasteiger partial charge in [-0.15, -0.1) is 24.8 Å². The normalized spacial score (nSPS) is 14.4. The van der Waals surface area contributed by atoms with Crippen LogP contribution in [0.5, 0.6) is 5.75 Å². The van der Waals surface area contributed by atoms with Crippen molar-refractivity contribution in [3.63, 3.8) is 0 Å². The lowest BCUT2D eigenvalue weighted by Gasteiger charge is -2.34. The van der Waals surface area contributed by atoms with Crippen molar-refractivity contribution < 1.29 is 19.5 Å². The third kappa shape index (κ3) is 5.74. The number of fused-ring (bicyclic) bond motifs is 1. The number of aromatic nitrogens is 2. The summed E-state index contributed by atoms with van der Waals surface area (Å²) < 4.78 is 16.9. The molecule has 1 unspecified atom stereocenters. The zero-order valence-electron chi connectivity index (χ0n) is 20.5. The third-order valence-electron chi connectivity index (χ3n) is 6.28. The zero-order valence-corrected chi connectivity index (χ0v) is 22.1. The van der Waals surface area contributed by atoms with Gasteiger partial charge in [0.2, 0.25) is 5.82 Å². The number of anilines is 1. The predicted molar refractivity (Wildman–Crippen MR) is 147 cm³/mol. The van der Waals surface area contributed by atoms with Crippen molar-refractivity contribution in [2.24, 2.45) is 0 Å². The monoisotopic (exact) mass is 534 g/mol. The van der Waals surface area contributed by atoms with Crippen molar-refractivity contribution in [3.05, 3.63) is 72.1 Å². The highest BCUT2D eigenvalue weighted by Crippen LogP contribution is 2.34. The molecule has 0 saturated carbocycles. The van der Waals surface area contributed by atoms with Gasteiger partial charge in [0.05, 0.1) is 12.7 Å². The van der Waals surface area contributed by atoms with E-state index in [4.69, 9.17) is 14.0 Å². The van der Waals surface area contributed by atoms with Crippen LogP contribution in [0.3, 0.4) is 0 Å². The molecule has 8 nitrogen and oxygen atoms in total. The lowest BCUT2D eigenvalue weighted by Crippen LogP contribution is -2.44. The second-order valence-corrected chi connectivity index (χ2v) is 8.32. The van der Waals surface area contributed by atoms with E-state index in [0.717, 1.165) is 37.3 Å². The number of halogens is 2. The van der Waals surface area contributed by atoms with Crippen LogP contribution >= 0.6 is 24.8 Å². The first kappa shape index (κ1) is 29.4. The minimum absolute atomic E-state index is 0. The molecular weight excluding hydrogens is 503 g/mol. The van der Waals surface area contributed by atoms with Gasteiger partial charge in [0, 0.05) is 44.4 Å². The molecule has 0 bridgehead atoms. The number of rotatable bonds is 6. The van der Waals surface area contributed by atoms with Crippen LogP contribution in [-0.4, -0.2) is 68.0 Å². The highest BCUT2D eigenvalue weighted by atomic mass is 35.5. The van der Waals surface area contributed by atoms with E-state index in [1.807, 2.05) is 24.3 Å². The third-order valence-corrected chi connectivity index (χ3v) is 6.28. The van der Waals surface area contributed by atoms with E-state index in [1.54, 1.807) is 14.2 Å². The van der Waals surface area contributed by atoms with Crippen LogP contribution in [0.25, 0.3) is 22.2 Å². The Morgan fingerprint density at radius 1 is 0.917 bits per heavy atom. The molecule has 4 aromatic rings. The van der Waals surface area contributed by atoms with Crippen LogP contribution in [-0.2, 0) is 4.74 Å². The summed E-state index contributed by atoms with van der Waals surface area (Å²) in [6, 6.07) is 20.5. The standard InChI is InChI=1S/C26H28N4O3.2ClH.H2O/c1-29-13-15-30(16-14-29)22-9-6-7-18-11-12-19(17-21(18)22)24(32-3)25-27-26(33-28-25)20-8-4-5-10-23(20)31-2;;;/h4-12,17,24H,13-16H2,1-3H3;2*1H;1H2. The number of para-hydroxylation sites is 1. The molecule has 0 aliphatic carbocycles. The molecule has 3 aromatic carbocycles. The summed E-state index contributed by atoms with van der Waals surface area (Å²) in [5, 5.41) is 6.64. The maximum atomic E-state index is 5.84. The Labute approximate surface area is 223 Å². The topological polar surface area (TPSA) is 95.4 Å². The Balaban J connectivity index is 0.00000152. The molecule has 0 amide bonds. The number of piperazine rings is 1. The molecule has 10 heteroatoms. The Morgan fingerprint density at radius 3 is 2.39 bits per heavy atom. The Hall–Kier alpha value is -2.88. The summed E-state index contributed by atoms with van der Waals surface area (Å²) in [6.45, 7) is 4.15. The van der Waals surface area contributed by atoms with Gasteiger partial charge in [-0.1, -0.05) is 41.6 Å². The number of methoxy groups -OCH3 is 2. The summed E-state index contributed by atoms with van der Waals surface area (Å²) in [5.74, 6) is 1.57. The quantitative estimate of drug-likeness (QED) is 0.361. The van der Waals surface area contributed by atoms with Crippen molar-refractivity contribution in [1.82, 2.24) is 15.0 Å². The van der Waals surface area contributed by atoms with Crippen LogP contribution in [0.4, 0.5) is 5.69 Å². The van der Waals surface area contributed by atoms with Crippen LogP contribution in [0.15, 0.2) is 65.2 Å². The van der Waals surface area contributed by atoms with E-state index in [2.05, 4.69) is 63.4 Å². The van der Waals surface area contributed by atoms with Gasteiger partial charge in [-0.3, -0.25) is 0 Å². The van der Waals surface area contributed by atoms with E-state index in [0.29, 0.717) is 17.5 Å². The van der Waals surface area contributed by atoms with Gasteiger partial charge in [-0.25, -0.2) is 0 Å². The minimum Gasteiger partial charge on any atom is -0.496 e. The van der Waals surface area contributed by atoms with Crippen molar-refractivity contribution >= 4 is 41.3 Å². The molecule has 0 radical (unpaired) electrons. The van der Waals surface area contributed by atoms with Gasteiger partial charge < -0.3 is 29.3 Å². The van der Waals surface area contributed by atoms with E-state index in [-0.39, 0.29) is 30.3 Å². The fraction of sp³-hybridized carbons (Fsp3) is 0.308. The summed E-state index contributed by atoms with van der Waals surface area (Å²) in [5.41, 5.74) is 2.99. The molecule has 1 fully saturated rings. The molecule has 1 saturated heterocycles. The molecule has 2 N–H and O–H groups in total. The summed E-state index contributed by atoms with van der Waals surface area (Å²) in [7, 11) is 5.47. The molecule has 194 valence electrons. The Bertz CT molecular complexity index is 1260. The van der Waals surface area contributed by atoms with Crippen LogP contribution in [0, 0.1) is 0 Å². The van der Waals surface area contributed by atoms with Crippen molar-refractivity contribution in [3.8, 4) is 17.2 Å². The highest BCUT2D eigenvalue weighted by Gasteiger charge is 2.23. The predicted octanol–water partition coefficient (Wildman–Crippen LogP) is 4.40.